The van der Waals surface area contributed by atoms with Crippen molar-refractivity contribution in [2.24, 2.45) is 10.9 Å². The third kappa shape index (κ3) is 9.97. The third-order valence-electron chi connectivity index (χ3n) is 3.19. The molecule has 0 aliphatic rings. The van der Waals surface area contributed by atoms with Crippen molar-refractivity contribution in [2.75, 3.05) is 39.0 Å². The van der Waals surface area contributed by atoms with Crippen LogP contribution in [0.15, 0.2) is 4.99 Å². The van der Waals surface area contributed by atoms with Gasteiger partial charge in [0.25, 0.3) is 0 Å². The fourth-order valence-corrected chi connectivity index (χ4v) is 2.48. The maximum Gasteiger partial charge on any atom is 0.211 e. The van der Waals surface area contributed by atoms with E-state index in [1.807, 2.05) is 6.92 Å². The van der Waals surface area contributed by atoms with Gasteiger partial charge in [-0.15, -0.1) is 0 Å². The molecule has 0 aliphatic heterocycles. The molecule has 0 aromatic heterocycles. The summed E-state index contributed by atoms with van der Waals surface area (Å²) in [6.07, 6.45) is 1.13. The van der Waals surface area contributed by atoms with Crippen molar-refractivity contribution < 1.29 is 13.2 Å². The van der Waals surface area contributed by atoms with E-state index >= 15 is 0 Å². The van der Waals surface area contributed by atoms with E-state index in [2.05, 4.69) is 34.2 Å². The molecule has 0 rings (SSSR count). The lowest BCUT2D eigenvalue weighted by atomic mass is 10.0. The first-order chi connectivity index (χ1) is 10.4. The van der Waals surface area contributed by atoms with Gasteiger partial charge in [-0.1, -0.05) is 13.8 Å². The number of nitrogens with zero attached hydrogens (tertiary/aromatic N) is 1. The summed E-state index contributed by atoms with van der Waals surface area (Å²) in [7, 11) is -1.45. The highest BCUT2D eigenvalue weighted by Crippen LogP contribution is 2.09. The van der Waals surface area contributed by atoms with E-state index in [1.165, 1.54) is 0 Å². The minimum Gasteiger partial charge on any atom is -0.378 e. The van der Waals surface area contributed by atoms with E-state index in [9.17, 15) is 8.42 Å². The molecule has 3 N–H and O–H groups in total. The average Bonchev–Trinajstić information content (AvgIpc) is 2.48. The minimum atomic E-state index is -3.14. The molecule has 0 amide bonds. The number of hydrogen-bond acceptors (Lipinski definition) is 4. The van der Waals surface area contributed by atoms with Gasteiger partial charge in [-0.05, 0) is 26.2 Å². The fraction of sp³-hybridized carbons (Fsp3) is 0.929. The minimum absolute atomic E-state index is 0.0913. The lowest BCUT2D eigenvalue weighted by Crippen LogP contribution is -2.42. The summed E-state index contributed by atoms with van der Waals surface area (Å²) in [4.78, 5) is 4.11. The number of rotatable bonds is 11. The number of ether oxygens (including phenoxy) is 1. The molecule has 0 heterocycles. The van der Waals surface area contributed by atoms with Gasteiger partial charge in [0.1, 0.15) is 0 Å². The number of hydrogen-bond donors (Lipinski definition) is 3. The molecule has 0 spiro atoms. The first-order valence-corrected chi connectivity index (χ1v) is 9.54. The smallest absolute Gasteiger partial charge is 0.211 e. The second-order valence-corrected chi connectivity index (χ2v) is 7.35. The van der Waals surface area contributed by atoms with E-state index in [4.69, 9.17) is 4.74 Å². The molecule has 0 aromatic carbocycles. The van der Waals surface area contributed by atoms with E-state index < -0.39 is 10.0 Å². The molecule has 0 bridgehead atoms. The van der Waals surface area contributed by atoms with Crippen LogP contribution in [0, 0.1) is 5.92 Å². The van der Waals surface area contributed by atoms with Gasteiger partial charge >= 0.3 is 0 Å². The Morgan fingerprint density at radius 2 is 1.77 bits per heavy atom. The van der Waals surface area contributed by atoms with E-state index in [1.54, 1.807) is 14.0 Å². The molecule has 0 saturated carbocycles. The van der Waals surface area contributed by atoms with Crippen LogP contribution in [0.5, 0.6) is 0 Å². The maximum absolute atomic E-state index is 11.3. The molecule has 1 atom stereocenters. The largest absolute Gasteiger partial charge is 0.378 e. The maximum atomic E-state index is 11.3. The molecule has 8 heteroatoms. The number of aliphatic imine (C=N–C) groups is 1. The van der Waals surface area contributed by atoms with Crippen LogP contribution in [0.4, 0.5) is 0 Å². The summed E-state index contributed by atoms with van der Waals surface area (Å²) >= 11 is 0. The number of sulfonamides is 1. The van der Waals surface area contributed by atoms with Gasteiger partial charge in [0.15, 0.2) is 5.96 Å². The van der Waals surface area contributed by atoms with Crippen molar-refractivity contribution >= 4 is 16.0 Å². The lowest BCUT2D eigenvalue weighted by Gasteiger charge is -2.21. The molecule has 0 aliphatic carbocycles. The van der Waals surface area contributed by atoms with E-state index in [-0.39, 0.29) is 11.9 Å². The molecular weight excluding hydrogens is 304 g/mol. The molecule has 22 heavy (non-hydrogen) atoms. The topological polar surface area (TPSA) is 91.8 Å². The molecular formula is C14H32N4O3S. The zero-order valence-corrected chi connectivity index (χ0v) is 15.3. The van der Waals surface area contributed by atoms with Crippen LogP contribution in [0.25, 0.3) is 0 Å². The monoisotopic (exact) mass is 336 g/mol. The molecule has 1 unspecified atom stereocenters. The second-order valence-electron chi connectivity index (χ2n) is 5.25. The summed E-state index contributed by atoms with van der Waals surface area (Å²) < 4.78 is 30.8. The highest BCUT2D eigenvalue weighted by molar-refractivity contribution is 7.89. The Kier molecular flexibility index (Phi) is 11.2. The fourth-order valence-electron chi connectivity index (χ4n) is 1.87. The van der Waals surface area contributed by atoms with Crippen molar-refractivity contribution in [1.29, 1.82) is 0 Å². The van der Waals surface area contributed by atoms with Gasteiger partial charge < -0.3 is 15.4 Å². The summed E-state index contributed by atoms with van der Waals surface area (Å²) in [6, 6.07) is 0. The molecule has 132 valence electrons. The van der Waals surface area contributed by atoms with Crippen LogP contribution in [-0.4, -0.2) is 59.5 Å². The van der Waals surface area contributed by atoms with Gasteiger partial charge in [0.05, 0.1) is 11.9 Å². The standard InChI is InChI=1S/C14H32N4O3S/c1-6-21-13(12(3)4)8-9-16-14(15-5)17-10-11-18-22(19,20)7-2/h12-13,18H,6-11H2,1-5H3,(H2,15,16,17). The quantitative estimate of drug-likeness (QED) is 0.291. The van der Waals surface area contributed by atoms with Crippen LogP contribution in [0.3, 0.4) is 0 Å². The van der Waals surface area contributed by atoms with Crippen LogP contribution >= 0.6 is 0 Å². The highest BCUT2D eigenvalue weighted by Gasteiger charge is 2.13. The summed E-state index contributed by atoms with van der Waals surface area (Å²) in [6.45, 7) is 10.2. The van der Waals surface area contributed by atoms with Crippen LogP contribution in [0.2, 0.25) is 0 Å². The average molecular weight is 337 g/mol. The Morgan fingerprint density at radius 1 is 1.14 bits per heavy atom. The van der Waals surface area contributed by atoms with E-state index in [0.29, 0.717) is 31.6 Å². The van der Waals surface area contributed by atoms with E-state index in [0.717, 1.165) is 13.0 Å². The van der Waals surface area contributed by atoms with Gasteiger partial charge in [0, 0.05) is 33.3 Å². The predicted octanol–water partition coefficient (Wildman–Crippen LogP) is 0.542. The van der Waals surface area contributed by atoms with Crippen molar-refractivity contribution in [2.45, 2.75) is 40.2 Å². The Morgan fingerprint density at radius 3 is 2.27 bits per heavy atom. The lowest BCUT2D eigenvalue weighted by molar-refractivity contribution is 0.0258. The number of guanidine groups is 1. The van der Waals surface area contributed by atoms with Crippen molar-refractivity contribution in [3.05, 3.63) is 0 Å². The molecule has 7 nitrogen and oxygen atoms in total. The summed E-state index contributed by atoms with van der Waals surface area (Å²) in [5.74, 6) is 1.23. The zero-order valence-electron chi connectivity index (χ0n) is 14.5. The SMILES string of the molecule is CCOC(CCNC(=NC)NCCNS(=O)(=O)CC)C(C)C. The summed E-state index contributed by atoms with van der Waals surface area (Å²) in [5.41, 5.74) is 0. The normalized spacial score (nSPS) is 14.2. The van der Waals surface area contributed by atoms with Crippen molar-refractivity contribution in [3.8, 4) is 0 Å². The van der Waals surface area contributed by atoms with Crippen molar-refractivity contribution in [1.82, 2.24) is 15.4 Å². The van der Waals surface area contributed by atoms with Crippen LogP contribution < -0.4 is 15.4 Å². The Hall–Kier alpha value is -0.860. The van der Waals surface area contributed by atoms with Gasteiger partial charge in [-0.3, -0.25) is 4.99 Å². The van der Waals surface area contributed by atoms with Gasteiger partial charge in [0.2, 0.25) is 10.0 Å². The third-order valence-corrected chi connectivity index (χ3v) is 4.59. The van der Waals surface area contributed by atoms with Crippen LogP contribution in [-0.2, 0) is 14.8 Å². The Labute approximate surface area is 135 Å². The Balaban J connectivity index is 3.98. The van der Waals surface area contributed by atoms with Crippen molar-refractivity contribution in [3.63, 3.8) is 0 Å². The zero-order chi connectivity index (χ0) is 17.0. The molecule has 0 fully saturated rings. The predicted molar refractivity (Wildman–Crippen MR) is 91.7 cm³/mol. The highest BCUT2D eigenvalue weighted by atomic mass is 32.2. The van der Waals surface area contributed by atoms with Crippen LogP contribution in [0.1, 0.15) is 34.1 Å². The first-order valence-electron chi connectivity index (χ1n) is 7.89. The first kappa shape index (κ1) is 21.1. The summed E-state index contributed by atoms with van der Waals surface area (Å²) in [5, 5.41) is 6.28. The van der Waals surface area contributed by atoms with Gasteiger partial charge in [-0.2, -0.15) is 0 Å². The number of nitrogens with one attached hydrogen (secondary N) is 3. The molecule has 0 aromatic rings. The molecule has 0 radical (unpaired) electrons. The second kappa shape index (κ2) is 11.7. The molecule has 0 saturated heterocycles. The van der Waals surface area contributed by atoms with Gasteiger partial charge in [-0.25, -0.2) is 13.1 Å². The Bertz CT molecular complexity index is 410.